The quantitative estimate of drug-likeness (QED) is 0.889. The molecule has 0 bridgehead atoms. The van der Waals surface area contributed by atoms with Gasteiger partial charge in [0, 0.05) is 24.2 Å². The fourth-order valence-corrected chi connectivity index (χ4v) is 1.82. The van der Waals surface area contributed by atoms with Crippen LogP contribution >= 0.6 is 11.3 Å². The Morgan fingerprint density at radius 1 is 1.38 bits per heavy atom. The number of thiazole rings is 1. The summed E-state index contributed by atoms with van der Waals surface area (Å²) in [5.74, 6) is 0.146. The predicted molar refractivity (Wildman–Crippen MR) is 60.7 cm³/mol. The molecule has 0 aliphatic carbocycles. The summed E-state index contributed by atoms with van der Waals surface area (Å²) >= 11 is 1.50. The summed E-state index contributed by atoms with van der Waals surface area (Å²) in [4.78, 5) is 4.07. The van der Waals surface area contributed by atoms with Crippen LogP contribution in [0, 0.1) is 5.82 Å². The molecule has 84 valence electrons. The van der Waals surface area contributed by atoms with Gasteiger partial charge in [-0.05, 0) is 17.7 Å². The van der Waals surface area contributed by atoms with Gasteiger partial charge in [0.2, 0.25) is 0 Å². The molecule has 0 fully saturated rings. The Morgan fingerprint density at radius 2 is 2.25 bits per heavy atom. The first kappa shape index (κ1) is 11.0. The molecule has 0 saturated carbocycles. The summed E-state index contributed by atoms with van der Waals surface area (Å²) in [6, 6.07) is 4.47. The van der Waals surface area contributed by atoms with Gasteiger partial charge in [0.05, 0.1) is 0 Å². The van der Waals surface area contributed by atoms with Crippen molar-refractivity contribution in [3.8, 4) is 5.75 Å². The molecule has 1 heterocycles. The molecule has 0 amide bonds. The molecule has 0 aliphatic heterocycles. The first-order valence-corrected chi connectivity index (χ1v) is 5.66. The second-order valence-corrected chi connectivity index (χ2v) is 4.19. The Morgan fingerprint density at radius 3 is 2.94 bits per heavy atom. The molecule has 5 heteroatoms. The molecule has 1 aromatic heterocycles. The minimum atomic E-state index is -0.336. The zero-order valence-electron chi connectivity index (χ0n) is 8.52. The second kappa shape index (κ2) is 5.05. The van der Waals surface area contributed by atoms with E-state index in [-0.39, 0.29) is 5.82 Å². The average Bonchev–Trinajstić information content (AvgIpc) is 2.78. The zero-order valence-corrected chi connectivity index (χ0v) is 9.34. The maximum Gasteiger partial charge on any atom is 0.140 e. The molecule has 0 atom stereocenters. The largest absolute Gasteiger partial charge is 0.486 e. The molecular weight excluding hydrogens is 227 g/mol. The first-order valence-electron chi connectivity index (χ1n) is 4.78. The molecule has 0 unspecified atom stereocenters. The highest BCUT2D eigenvalue weighted by atomic mass is 32.1. The minimum Gasteiger partial charge on any atom is -0.486 e. The molecule has 1 aromatic carbocycles. The fraction of sp³-hybridized carbons (Fsp3) is 0.182. The Hall–Kier alpha value is -1.46. The van der Waals surface area contributed by atoms with Gasteiger partial charge < -0.3 is 10.5 Å². The lowest BCUT2D eigenvalue weighted by Gasteiger charge is -2.06. The van der Waals surface area contributed by atoms with E-state index in [9.17, 15) is 4.39 Å². The number of hydrogen-bond donors (Lipinski definition) is 1. The summed E-state index contributed by atoms with van der Waals surface area (Å²) in [7, 11) is 0. The Kier molecular flexibility index (Phi) is 3.48. The molecule has 2 N–H and O–H groups in total. The lowest BCUT2D eigenvalue weighted by Crippen LogP contribution is -2.00. The molecule has 0 radical (unpaired) electrons. The maximum absolute atomic E-state index is 13.1. The maximum atomic E-state index is 13.1. The molecular formula is C11H11FN2OS. The smallest absolute Gasteiger partial charge is 0.140 e. The third-order valence-electron chi connectivity index (χ3n) is 2.01. The number of nitrogens with zero attached hydrogens (tertiary/aromatic N) is 1. The van der Waals surface area contributed by atoms with Gasteiger partial charge in [0.1, 0.15) is 23.2 Å². The highest BCUT2D eigenvalue weighted by molar-refractivity contribution is 7.09. The van der Waals surface area contributed by atoms with Gasteiger partial charge in [-0.25, -0.2) is 9.37 Å². The van der Waals surface area contributed by atoms with E-state index in [1.54, 1.807) is 12.3 Å². The third kappa shape index (κ3) is 2.77. The molecule has 0 saturated heterocycles. The van der Waals surface area contributed by atoms with E-state index in [4.69, 9.17) is 10.5 Å². The Bertz CT molecular complexity index is 459. The van der Waals surface area contributed by atoms with E-state index in [1.807, 2.05) is 5.38 Å². The number of nitrogens with two attached hydrogens (primary N) is 1. The topological polar surface area (TPSA) is 48.1 Å². The van der Waals surface area contributed by atoms with Crippen LogP contribution in [0.2, 0.25) is 0 Å². The summed E-state index contributed by atoms with van der Waals surface area (Å²) in [5.41, 5.74) is 6.16. The van der Waals surface area contributed by atoms with E-state index in [0.29, 0.717) is 24.5 Å². The highest BCUT2D eigenvalue weighted by Gasteiger charge is 2.02. The van der Waals surface area contributed by atoms with E-state index in [1.165, 1.54) is 23.5 Å². The second-order valence-electron chi connectivity index (χ2n) is 3.21. The van der Waals surface area contributed by atoms with Crippen molar-refractivity contribution in [3.05, 3.63) is 46.2 Å². The minimum absolute atomic E-state index is 0.297. The predicted octanol–water partition coefficient (Wildman–Crippen LogP) is 2.32. The molecule has 16 heavy (non-hydrogen) atoms. The van der Waals surface area contributed by atoms with Gasteiger partial charge in [-0.2, -0.15) is 0 Å². The van der Waals surface area contributed by atoms with Crippen LogP contribution in [-0.2, 0) is 13.2 Å². The van der Waals surface area contributed by atoms with Crippen LogP contribution in [0.1, 0.15) is 10.6 Å². The summed E-state index contributed by atoms with van der Waals surface area (Å²) < 4.78 is 18.6. The van der Waals surface area contributed by atoms with Gasteiger partial charge in [0.15, 0.2) is 0 Å². The Labute approximate surface area is 96.7 Å². The van der Waals surface area contributed by atoms with E-state index in [0.717, 1.165) is 5.01 Å². The lowest BCUT2D eigenvalue weighted by molar-refractivity contribution is 0.303. The number of rotatable bonds is 4. The van der Waals surface area contributed by atoms with Crippen molar-refractivity contribution in [3.63, 3.8) is 0 Å². The van der Waals surface area contributed by atoms with Crippen LogP contribution in [-0.4, -0.2) is 4.98 Å². The van der Waals surface area contributed by atoms with Crippen molar-refractivity contribution in [2.24, 2.45) is 5.73 Å². The molecule has 2 rings (SSSR count). The summed E-state index contributed by atoms with van der Waals surface area (Å²) in [6.45, 7) is 0.649. The van der Waals surface area contributed by atoms with Crippen molar-refractivity contribution in [1.29, 1.82) is 0 Å². The molecule has 0 aliphatic rings. The van der Waals surface area contributed by atoms with Gasteiger partial charge >= 0.3 is 0 Å². The number of aromatic nitrogens is 1. The summed E-state index contributed by atoms with van der Waals surface area (Å²) in [6.07, 6.45) is 1.71. The van der Waals surface area contributed by atoms with Crippen LogP contribution in [0.25, 0.3) is 0 Å². The number of ether oxygens (including phenoxy) is 1. The van der Waals surface area contributed by atoms with E-state index in [2.05, 4.69) is 4.98 Å². The third-order valence-corrected chi connectivity index (χ3v) is 2.77. The van der Waals surface area contributed by atoms with Crippen molar-refractivity contribution in [1.82, 2.24) is 4.98 Å². The van der Waals surface area contributed by atoms with Gasteiger partial charge in [-0.1, -0.05) is 0 Å². The lowest BCUT2D eigenvalue weighted by atomic mass is 10.2. The SMILES string of the molecule is NCc1cc(F)cc(OCc2nccs2)c1. The van der Waals surface area contributed by atoms with Crippen molar-refractivity contribution in [2.45, 2.75) is 13.2 Å². The van der Waals surface area contributed by atoms with Crippen LogP contribution in [0.4, 0.5) is 4.39 Å². The van der Waals surface area contributed by atoms with Gasteiger partial charge in [0.25, 0.3) is 0 Å². The van der Waals surface area contributed by atoms with E-state index >= 15 is 0 Å². The number of hydrogen-bond acceptors (Lipinski definition) is 4. The number of benzene rings is 1. The van der Waals surface area contributed by atoms with Gasteiger partial charge in [-0.3, -0.25) is 0 Å². The standard InChI is InChI=1S/C11H11FN2OS/c12-9-3-8(6-13)4-10(5-9)15-7-11-14-1-2-16-11/h1-5H,6-7,13H2. The number of halogens is 1. The van der Waals surface area contributed by atoms with Gasteiger partial charge in [-0.15, -0.1) is 11.3 Å². The molecule has 2 aromatic rings. The first-order chi connectivity index (χ1) is 7.78. The monoisotopic (exact) mass is 238 g/mol. The van der Waals surface area contributed by atoms with Crippen molar-refractivity contribution in [2.75, 3.05) is 0 Å². The molecule has 0 spiro atoms. The van der Waals surface area contributed by atoms with Crippen LogP contribution in [0.3, 0.4) is 0 Å². The van der Waals surface area contributed by atoms with E-state index < -0.39 is 0 Å². The van der Waals surface area contributed by atoms with Crippen LogP contribution < -0.4 is 10.5 Å². The van der Waals surface area contributed by atoms with Crippen LogP contribution in [0.5, 0.6) is 5.75 Å². The highest BCUT2D eigenvalue weighted by Crippen LogP contribution is 2.18. The average molecular weight is 238 g/mol. The summed E-state index contributed by atoms with van der Waals surface area (Å²) in [5, 5.41) is 2.73. The van der Waals surface area contributed by atoms with Crippen molar-refractivity contribution < 1.29 is 9.13 Å². The molecule has 3 nitrogen and oxygen atoms in total. The van der Waals surface area contributed by atoms with Crippen LogP contribution in [0.15, 0.2) is 29.8 Å². The normalized spacial score (nSPS) is 10.4. The Balaban J connectivity index is 2.06. The van der Waals surface area contributed by atoms with Crippen molar-refractivity contribution >= 4 is 11.3 Å². The zero-order chi connectivity index (χ0) is 11.4. The fourth-order valence-electron chi connectivity index (χ4n) is 1.29.